The summed E-state index contributed by atoms with van der Waals surface area (Å²) in [7, 11) is 0. The van der Waals surface area contributed by atoms with Crippen molar-refractivity contribution in [1.82, 2.24) is 14.9 Å². The van der Waals surface area contributed by atoms with Crippen LogP contribution in [-0.4, -0.2) is 53.5 Å². The molecule has 29 heavy (non-hydrogen) atoms. The number of benzene rings is 2. The SMILES string of the molecule is O=C(CN1CCN(c2cnccn2)CC1)Nc1cccc(Oc2ccccc2)c1. The summed E-state index contributed by atoms with van der Waals surface area (Å²) in [5.74, 6) is 2.30. The number of carbonyl (C=O) groups excluding carboxylic acids is 1. The number of hydrogen-bond acceptors (Lipinski definition) is 6. The van der Waals surface area contributed by atoms with Crippen molar-refractivity contribution in [3.63, 3.8) is 0 Å². The van der Waals surface area contributed by atoms with Gasteiger partial charge < -0.3 is 15.0 Å². The third-order valence-corrected chi connectivity index (χ3v) is 4.71. The minimum absolute atomic E-state index is 0.0326. The molecule has 7 heteroatoms. The van der Waals surface area contributed by atoms with Crippen molar-refractivity contribution in [3.05, 3.63) is 73.2 Å². The maximum atomic E-state index is 12.5. The first kappa shape index (κ1) is 18.9. The summed E-state index contributed by atoms with van der Waals surface area (Å²) in [6.45, 7) is 3.62. The fraction of sp³-hybridized carbons (Fsp3) is 0.227. The van der Waals surface area contributed by atoms with Crippen molar-refractivity contribution >= 4 is 17.4 Å². The Bertz CT molecular complexity index is 928. The first-order valence-electron chi connectivity index (χ1n) is 9.62. The number of aromatic nitrogens is 2. The standard InChI is InChI=1S/C22H23N5O2/c28-22(17-26-11-13-27(14-12-26)21-16-23-9-10-24-21)25-18-5-4-8-20(15-18)29-19-6-2-1-3-7-19/h1-10,15-16H,11-14,17H2,(H,25,28). The van der Waals surface area contributed by atoms with Crippen LogP contribution >= 0.6 is 0 Å². The molecule has 1 saturated heterocycles. The lowest BCUT2D eigenvalue weighted by Gasteiger charge is -2.34. The summed E-state index contributed by atoms with van der Waals surface area (Å²) >= 11 is 0. The third-order valence-electron chi connectivity index (χ3n) is 4.71. The molecular weight excluding hydrogens is 366 g/mol. The number of ether oxygens (including phenoxy) is 1. The van der Waals surface area contributed by atoms with Crippen LogP contribution < -0.4 is 15.0 Å². The van der Waals surface area contributed by atoms with Crippen molar-refractivity contribution in [3.8, 4) is 11.5 Å². The Balaban J connectivity index is 1.27. The van der Waals surface area contributed by atoms with Gasteiger partial charge in [-0.3, -0.25) is 14.7 Å². The number of rotatable bonds is 6. The summed E-state index contributed by atoms with van der Waals surface area (Å²) in [4.78, 5) is 25.3. The van der Waals surface area contributed by atoms with Gasteiger partial charge in [-0.25, -0.2) is 4.98 Å². The van der Waals surface area contributed by atoms with Gasteiger partial charge in [0, 0.05) is 50.3 Å². The van der Waals surface area contributed by atoms with Crippen molar-refractivity contribution in [2.45, 2.75) is 0 Å². The van der Waals surface area contributed by atoms with Gasteiger partial charge in [-0.2, -0.15) is 0 Å². The molecule has 1 fully saturated rings. The summed E-state index contributed by atoms with van der Waals surface area (Å²) in [5, 5.41) is 2.96. The first-order valence-corrected chi connectivity index (χ1v) is 9.62. The second-order valence-corrected chi connectivity index (χ2v) is 6.82. The van der Waals surface area contributed by atoms with Crippen molar-refractivity contribution in [1.29, 1.82) is 0 Å². The maximum absolute atomic E-state index is 12.5. The fourth-order valence-electron chi connectivity index (χ4n) is 3.26. The van der Waals surface area contributed by atoms with Crippen LogP contribution in [0.1, 0.15) is 0 Å². The van der Waals surface area contributed by atoms with Gasteiger partial charge >= 0.3 is 0 Å². The third kappa shape index (κ3) is 5.30. The van der Waals surface area contributed by atoms with Crippen LogP contribution in [0.25, 0.3) is 0 Å². The van der Waals surface area contributed by atoms with Crippen LogP contribution in [-0.2, 0) is 4.79 Å². The molecule has 1 N–H and O–H groups in total. The fourth-order valence-corrected chi connectivity index (χ4v) is 3.26. The molecule has 0 unspecified atom stereocenters. The van der Waals surface area contributed by atoms with Crippen LogP contribution in [0.3, 0.4) is 0 Å². The molecule has 0 bridgehead atoms. The Kier molecular flexibility index (Phi) is 5.97. The molecule has 3 aromatic rings. The van der Waals surface area contributed by atoms with Crippen LogP contribution in [0.15, 0.2) is 73.2 Å². The molecule has 148 valence electrons. The molecule has 2 heterocycles. The van der Waals surface area contributed by atoms with E-state index in [0.717, 1.165) is 43.4 Å². The number of nitrogens with zero attached hydrogens (tertiary/aromatic N) is 4. The van der Waals surface area contributed by atoms with Gasteiger partial charge in [-0.1, -0.05) is 24.3 Å². The normalized spacial score (nSPS) is 14.4. The van der Waals surface area contributed by atoms with Gasteiger partial charge in [0.2, 0.25) is 5.91 Å². The minimum Gasteiger partial charge on any atom is -0.457 e. The van der Waals surface area contributed by atoms with Gasteiger partial charge in [-0.05, 0) is 24.3 Å². The van der Waals surface area contributed by atoms with E-state index < -0.39 is 0 Å². The largest absolute Gasteiger partial charge is 0.457 e. The lowest BCUT2D eigenvalue weighted by atomic mass is 10.2. The Morgan fingerprint density at radius 2 is 1.76 bits per heavy atom. The van der Waals surface area contributed by atoms with Gasteiger partial charge in [0.25, 0.3) is 0 Å². The molecule has 0 aliphatic carbocycles. The van der Waals surface area contributed by atoms with Crippen LogP contribution in [0.4, 0.5) is 11.5 Å². The second-order valence-electron chi connectivity index (χ2n) is 6.82. The predicted octanol–water partition coefficient (Wildman–Crippen LogP) is 3.03. The molecule has 0 atom stereocenters. The number of anilines is 2. The van der Waals surface area contributed by atoms with Gasteiger partial charge in [0.1, 0.15) is 17.3 Å². The number of carbonyl (C=O) groups is 1. The summed E-state index contributed by atoms with van der Waals surface area (Å²) < 4.78 is 5.83. The Labute approximate surface area is 170 Å². The highest BCUT2D eigenvalue weighted by Crippen LogP contribution is 2.23. The molecule has 0 saturated carbocycles. The van der Waals surface area contributed by atoms with E-state index in [1.54, 1.807) is 18.6 Å². The molecule has 2 aromatic carbocycles. The van der Waals surface area contributed by atoms with E-state index in [4.69, 9.17) is 4.74 Å². The Hall–Kier alpha value is -3.45. The smallest absolute Gasteiger partial charge is 0.238 e. The molecule has 1 aliphatic rings. The summed E-state index contributed by atoms with van der Waals surface area (Å²) in [6.07, 6.45) is 5.14. The Morgan fingerprint density at radius 1 is 0.966 bits per heavy atom. The van der Waals surface area contributed by atoms with Crippen LogP contribution in [0, 0.1) is 0 Å². The molecule has 7 nitrogen and oxygen atoms in total. The molecule has 0 spiro atoms. The van der Waals surface area contributed by atoms with E-state index in [1.807, 2.05) is 54.6 Å². The van der Waals surface area contributed by atoms with E-state index in [2.05, 4.69) is 25.1 Å². The predicted molar refractivity (Wildman–Crippen MR) is 112 cm³/mol. The zero-order chi connectivity index (χ0) is 19.9. The molecule has 0 radical (unpaired) electrons. The minimum atomic E-state index is -0.0326. The lowest BCUT2D eigenvalue weighted by molar-refractivity contribution is -0.117. The number of para-hydroxylation sites is 1. The molecular formula is C22H23N5O2. The van der Waals surface area contributed by atoms with E-state index in [9.17, 15) is 4.79 Å². The second kappa shape index (κ2) is 9.16. The quantitative estimate of drug-likeness (QED) is 0.699. The highest BCUT2D eigenvalue weighted by atomic mass is 16.5. The highest BCUT2D eigenvalue weighted by molar-refractivity contribution is 5.92. The summed E-state index contributed by atoms with van der Waals surface area (Å²) in [6, 6.07) is 17.0. The van der Waals surface area contributed by atoms with Gasteiger partial charge in [0.05, 0.1) is 12.7 Å². The average Bonchev–Trinajstić information content (AvgIpc) is 2.76. The number of hydrogen-bond donors (Lipinski definition) is 1. The van der Waals surface area contributed by atoms with Crippen molar-refractivity contribution in [2.24, 2.45) is 0 Å². The number of amides is 1. The first-order chi connectivity index (χ1) is 14.3. The topological polar surface area (TPSA) is 70.6 Å². The van der Waals surface area contributed by atoms with Gasteiger partial charge in [0.15, 0.2) is 0 Å². The van der Waals surface area contributed by atoms with E-state index in [-0.39, 0.29) is 5.91 Å². The molecule has 1 aromatic heterocycles. The average molecular weight is 389 g/mol. The van der Waals surface area contributed by atoms with Crippen molar-refractivity contribution < 1.29 is 9.53 Å². The number of nitrogens with one attached hydrogen (secondary N) is 1. The van der Waals surface area contributed by atoms with Crippen molar-refractivity contribution in [2.75, 3.05) is 42.9 Å². The van der Waals surface area contributed by atoms with Crippen LogP contribution in [0.5, 0.6) is 11.5 Å². The van der Waals surface area contributed by atoms with E-state index in [0.29, 0.717) is 12.3 Å². The lowest BCUT2D eigenvalue weighted by Crippen LogP contribution is -2.48. The maximum Gasteiger partial charge on any atom is 0.238 e. The van der Waals surface area contributed by atoms with E-state index in [1.165, 1.54) is 0 Å². The number of piperazine rings is 1. The zero-order valence-corrected chi connectivity index (χ0v) is 16.1. The summed E-state index contributed by atoms with van der Waals surface area (Å²) in [5.41, 5.74) is 0.724. The highest BCUT2D eigenvalue weighted by Gasteiger charge is 2.20. The van der Waals surface area contributed by atoms with Gasteiger partial charge in [-0.15, -0.1) is 0 Å². The monoisotopic (exact) mass is 389 g/mol. The molecule has 4 rings (SSSR count). The molecule has 1 aliphatic heterocycles. The molecule has 1 amide bonds. The van der Waals surface area contributed by atoms with Crippen LogP contribution in [0.2, 0.25) is 0 Å². The van der Waals surface area contributed by atoms with E-state index >= 15 is 0 Å². The Morgan fingerprint density at radius 3 is 2.52 bits per heavy atom. The zero-order valence-electron chi connectivity index (χ0n) is 16.1.